The normalized spacial score (nSPS) is 15.8. The number of hydrogen-bond acceptors (Lipinski definition) is 5. The van der Waals surface area contributed by atoms with Gasteiger partial charge in [-0.1, -0.05) is 19.1 Å². The number of nitrogens with zero attached hydrogens (tertiary/aromatic N) is 1. The number of rotatable bonds is 4. The van der Waals surface area contributed by atoms with Gasteiger partial charge in [0, 0.05) is 17.3 Å². The number of pyridine rings is 1. The molecule has 1 aliphatic rings. The molecule has 2 heterocycles. The molecule has 0 aliphatic carbocycles. The number of nitrogens with one attached hydrogen (secondary N) is 1. The van der Waals surface area contributed by atoms with Crippen molar-refractivity contribution in [3.05, 3.63) is 71.4 Å². The van der Waals surface area contributed by atoms with Crippen LogP contribution >= 0.6 is 0 Å². The first-order valence-electron chi connectivity index (χ1n) is 9.47. The van der Waals surface area contributed by atoms with E-state index in [0.717, 1.165) is 16.7 Å². The maximum atomic E-state index is 14.1. The van der Waals surface area contributed by atoms with Gasteiger partial charge in [0.25, 0.3) is 0 Å². The monoisotopic (exact) mass is 430 g/mol. The second-order valence-electron chi connectivity index (χ2n) is 7.10. The number of benzene rings is 2. The molecule has 156 valence electrons. The molecule has 0 fully saturated rings. The first-order chi connectivity index (χ1) is 14.3. The van der Waals surface area contributed by atoms with Crippen LogP contribution in [0.4, 0.5) is 14.5 Å². The first kappa shape index (κ1) is 20.3. The number of fused-ring (bicyclic) bond motifs is 1. The summed E-state index contributed by atoms with van der Waals surface area (Å²) in [5.41, 5.74) is 2.91. The van der Waals surface area contributed by atoms with E-state index in [9.17, 15) is 17.2 Å². The lowest BCUT2D eigenvalue weighted by molar-refractivity contribution is 0.280. The van der Waals surface area contributed by atoms with Gasteiger partial charge in [-0.05, 0) is 48.4 Å². The van der Waals surface area contributed by atoms with Crippen molar-refractivity contribution >= 4 is 15.5 Å². The highest BCUT2D eigenvalue weighted by molar-refractivity contribution is 7.91. The van der Waals surface area contributed by atoms with Crippen molar-refractivity contribution in [2.24, 2.45) is 0 Å². The molecule has 1 aromatic heterocycles. The standard InChI is InChI=1S/C22H20F2N2O3S/c1-3-30(27,28)21-9-13(2)15(11-25-21)14-7-8-18-20(10-14)29-12-19(26-18)22-16(23)5-4-6-17(22)24/h4-11,19,26H,3,12H2,1-2H3. The van der Waals surface area contributed by atoms with Crippen LogP contribution in [0.15, 0.2) is 53.7 Å². The summed E-state index contributed by atoms with van der Waals surface area (Å²) in [6.45, 7) is 3.47. The van der Waals surface area contributed by atoms with Crippen molar-refractivity contribution in [1.29, 1.82) is 0 Å². The second-order valence-corrected chi connectivity index (χ2v) is 9.32. The Bertz CT molecular complexity index is 1210. The van der Waals surface area contributed by atoms with E-state index >= 15 is 0 Å². The van der Waals surface area contributed by atoms with Gasteiger partial charge in [-0.3, -0.25) is 0 Å². The van der Waals surface area contributed by atoms with Crippen LogP contribution in [0.25, 0.3) is 11.1 Å². The Morgan fingerprint density at radius 2 is 1.90 bits per heavy atom. The average Bonchev–Trinajstić information content (AvgIpc) is 2.73. The molecule has 5 nitrogen and oxygen atoms in total. The van der Waals surface area contributed by atoms with Crippen LogP contribution in [0.5, 0.6) is 5.75 Å². The fourth-order valence-corrected chi connectivity index (χ4v) is 4.35. The van der Waals surface area contributed by atoms with Crippen LogP contribution in [0.2, 0.25) is 0 Å². The number of aryl methyl sites for hydroxylation is 1. The van der Waals surface area contributed by atoms with Crippen molar-refractivity contribution in [3.63, 3.8) is 0 Å². The van der Waals surface area contributed by atoms with E-state index in [1.54, 1.807) is 25.1 Å². The third-order valence-corrected chi connectivity index (χ3v) is 6.78. The quantitative estimate of drug-likeness (QED) is 0.651. The molecule has 1 N–H and O–H groups in total. The molecule has 0 spiro atoms. The topological polar surface area (TPSA) is 68.3 Å². The molecule has 1 atom stereocenters. The summed E-state index contributed by atoms with van der Waals surface area (Å²) in [5.74, 6) is -0.717. The van der Waals surface area contributed by atoms with Crippen molar-refractivity contribution in [2.45, 2.75) is 24.9 Å². The van der Waals surface area contributed by atoms with Crippen LogP contribution in [0, 0.1) is 18.6 Å². The van der Waals surface area contributed by atoms with E-state index in [1.807, 2.05) is 13.0 Å². The number of sulfone groups is 1. The summed E-state index contributed by atoms with van der Waals surface area (Å²) in [6.07, 6.45) is 1.54. The van der Waals surface area contributed by atoms with Crippen LogP contribution in [-0.2, 0) is 9.84 Å². The zero-order chi connectivity index (χ0) is 21.5. The summed E-state index contributed by atoms with van der Waals surface area (Å²) in [4.78, 5) is 4.11. The number of halogens is 2. The number of hydrogen-bond donors (Lipinski definition) is 1. The first-order valence-corrected chi connectivity index (χ1v) is 11.1. The van der Waals surface area contributed by atoms with Crippen molar-refractivity contribution in [2.75, 3.05) is 17.7 Å². The zero-order valence-electron chi connectivity index (χ0n) is 16.4. The Morgan fingerprint density at radius 1 is 1.17 bits per heavy atom. The van der Waals surface area contributed by atoms with E-state index in [0.29, 0.717) is 11.4 Å². The Hall–Kier alpha value is -3.00. The highest BCUT2D eigenvalue weighted by Gasteiger charge is 2.26. The third-order valence-electron chi connectivity index (χ3n) is 5.16. The summed E-state index contributed by atoms with van der Waals surface area (Å²) in [7, 11) is -3.38. The van der Waals surface area contributed by atoms with Gasteiger partial charge >= 0.3 is 0 Å². The van der Waals surface area contributed by atoms with Crippen molar-refractivity contribution < 1.29 is 21.9 Å². The molecular weight excluding hydrogens is 410 g/mol. The van der Waals surface area contributed by atoms with Crippen molar-refractivity contribution in [1.82, 2.24) is 4.98 Å². The molecule has 1 aliphatic heterocycles. The molecule has 0 amide bonds. The lowest BCUT2D eigenvalue weighted by Crippen LogP contribution is -2.25. The predicted octanol–water partition coefficient (Wildman–Crippen LogP) is 4.67. The summed E-state index contributed by atoms with van der Waals surface area (Å²) >= 11 is 0. The van der Waals surface area contributed by atoms with Gasteiger partial charge in [0.2, 0.25) is 0 Å². The van der Waals surface area contributed by atoms with Gasteiger partial charge < -0.3 is 10.1 Å². The fraction of sp³-hybridized carbons (Fsp3) is 0.227. The van der Waals surface area contributed by atoms with Crippen LogP contribution in [-0.4, -0.2) is 25.8 Å². The SMILES string of the molecule is CCS(=O)(=O)c1cc(C)c(-c2ccc3c(c2)OCC(c2c(F)cccc2F)N3)cn1. The predicted molar refractivity (Wildman–Crippen MR) is 110 cm³/mol. The lowest BCUT2D eigenvalue weighted by atomic mass is 10.0. The molecule has 4 rings (SSSR count). The highest BCUT2D eigenvalue weighted by atomic mass is 32.2. The van der Waals surface area contributed by atoms with Gasteiger partial charge in [-0.2, -0.15) is 0 Å². The van der Waals surface area contributed by atoms with Crippen LogP contribution < -0.4 is 10.1 Å². The third kappa shape index (κ3) is 3.63. The van der Waals surface area contributed by atoms with E-state index in [1.165, 1.54) is 24.4 Å². The molecular formula is C22H20F2N2O3S. The van der Waals surface area contributed by atoms with Crippen molar-refractivity contribution in [3.8, 4) is 16.9 Å². The minimum absolute atomic E-state index is 0.0130. The Labute approximate surface area is 173 Å². The summed E-state index contributed by atoms with van der Waals surface area (Å²) in [6, 6.07) is 10.1. The molecule has 1 unspecified atom stereocenters. The average molecular weight is 430 g/mol. The maximum Gasteiger partial charge on any atom is 0.195 e. The van der Waals surface area contributed by atoms with Gasteiger partial charge in [-0.15, -0.1) is 0 Å². The molecule has 0 bridgehead atoms. The maximum absolute atomic E-state index is 14.1. The van der Waals surface area contributed by atoms with Gasteiger partial charge in [0.05, 0.1) is 17.5 Å². The lowest BCUT2D eigenvalue weighted by Gasteiger charge is -2.28. The smallest absolute Gasteiger partial charge is 0.195 e. The summed E-state index contributed by atoms with van der Waals surface area (Å²) in [5, 5.41) is 3.18. The molecule has 2 aromatic carbocycles. The van der Waals surface area contributed by atoms with Gasteiger partial charge in [-0.25, -0.2) is 22.2 Å². The second kappa shape index (κ2) is 7.68. The fourth-order valence-electron chi connectivity index (χ4n) is 3.48. The molecule has 0 saturated heterocycles. The molecule has 3 aromatic rings. The largest absolute Gasteiger partial charge is 0.489 e. The van der Waals surface area contributed by atoms with Crippen LogP contribution in [0.1, 0.15) is 24.1 Å². The Kier molecular flexibility index (Phi) is 5.19. The molecule has 0 radical (unpaired) electrons. The summed E-state index contributed by atoms with van der Waals surface area (Å²) < 4.78 is 58.1. The van der Waals surface area contributed by atoms with Gasteiger partial charge in [0.1, 0.15) is 24.0 Å². The molecule has 0 saturated carbocycles. The van der Waals surface area contributed by atoms with E-state index in [-0.39, 0.29) is 22.9 Å². The zero-order valence-corrected chi connectivity index (χ0v) is 17.3. The van der Waals surface area contributed by atoms with E-state index in [2.05, 4.69) is 10.3 Å². The number of anilines is 1. The molecule has 30 heavy (non-hydrogen) atoms. The number of ether oxygens (including phenoxy) is 1. The van der Waals surface area contributed by atoms with Gasteiger partial charge in [0.15, 0.2) is 14.9 Å². The Balaban J connectivity index is 1.64. The minimum atomic E-state index is -3.38. The minimum Gasteiger partial charge on any atom is -0.489 e. The Morgan fingerprint density at radius 3 is 2.57 bits per heavy atom. The van der Waals surface area contributed by atoms with E-state index in [4.69, 9.17) is 4.74 Å². The van der Waals surface area contributed by atoms with E-state index < -0.39 is 27.5 Å². The van der Waals surface area contributed by atoms with Crippen LogP contribution in [0.3, 0.4) is 0 Å². The highest BCUT2D eigenvalue weighted by Crippen LogP contribution is 2.38. The molecule has 8 heteroatoms. The number of aromatic nitrogens is 1.